The van der Waals surface area contributed by atoms with E-state index >= 15 is 0 Å². The number of aliphatic hydroxyl groups excluding tert-OH is 1. The third kappa shape index (κ3) is 2.83. The fourth-order valence-corrected chi connectivity index (χ4v) is 1.17. The molecule has 1 atom stereocenters. The Kier molecular flexibility index (Phi) is 4.13. The lowest BCUT2D eigenvalue weighted by Crippen LogP contribution is -2.32. The van der Waals surface area contributed by atoms with Crippen molar-refractivity contribution in [3.8, 4) is 0 Å². The van der Waals surface area contributed by atoms with Crippen molar-refractivity contribution in [2.24, 2.45) is 5.73 Å². The third-order valence-electron chi connectivity index (χ3n) is 1.85. The van der Waals surface area contributed by atoms with Crippen LogP contribution in [0.15, 0.2) is 12.3 Å². The fraction of sp³-hybridized carbons (Fsp3) is 0.444. The van der Waals surface area contributed by atoms with Gasteiger partial charge in [-0.15, -0.1) is 0 Å². The molecule has 1 rings (SSSR count). The molecule has 0 saturated carbocycles. The molecule has 1 aromatic heterocycles. The number of hydrogen-bond donors (Lipinski definition) is 3. The first-order valence-corrected chi connectivity index (χ1v) is 4.74. The zero-order valence-electron chi connectivity index (χ0n) is 8.00. The van der Waals surface area contributed by atoms with E-state index in [1.54, 1.807) is 12.3 Å². The summed E-state index contributed by atoms with van der Waals surface area (Å²) < 4.78 is 0. The Labute approximate surface area is 88.1 Å². The lowest BCUT2D eigenvalue weighted by atomic mass is 10.3. The molecular formula is C9H14ClN3O. The summed E-state index contributed by atoms with van der Waals surface area (Å²) in [5, 5.41) is 12.4. The Hall–Kier alpha value is -0.840. The second kappa shape index (κ2) is 5.14. The van der Waals surface area contributed by atoms with Gasteiger partial charge in [0.05, 0.1) is 23.0 Å². The molecule has 0 radical (unpaired) electrons. The first kappa shape index (κ1) is 11.2. The highest BCUT2D eigenvalue weighted by atomic mass is 35.5. The maximum absolute atomic E-state index is 8.73. The summed E-state index contributed by atoms with van der Waals surface area (Å²) in [7, 11) is 0. The topological polar surface area (TPSA) is 71.2 Å². The Morgan fingerprint density at radius 3 is 3.07 bits per heavy atom. The molecule has 4 nitrogen and oxygen atoms in total. The SMILES string of the molecule is Cc1nccc(NCC(N)CO)c1Cl. The summed E-state index contributed by atoms with van der Waals surface area (Å²) >= 11 is 5.99. The molecule has 0 bridgehead atoms. The number of aliphatic hydroxyl groups is 1. The number of pyridine rings is 1. The zero-order valence-corrected chi connectivity index (χ0v) is 8.75. The second-order valence-corrected chi connectivity index (χ2v) is 3.46. The summed E-state index contributed by atoms with van der Waals surface area (Å²) in [6.45, 7) is 2.27. The van der Waals surface area contributed by atoms with Crippen LogP contribution in [0.2, 0.25) is 5.02 Å². The number of halogens is 1. The number of rotatable bonds is 4. The molecule has 0 amide bonds. The van der Waals surface area contributed by atoms with E-state index in [2.05, 4.69) is 10.3 Å². The smallest absolute Gasteiger partial charge is 0.0849 e. The van der Waals surface area contributed by atoms with Crippen molar-refractivity contribution < 1.29 is 5.11 Å². The highest BCUT2D eigenvalue weighted by Gasteiger charge is 2.05. The quantitative estimate of drug-likeness (QED) is 0.694. The van der Waals surface area contributed by atoms with Crippen LogP contribution in [-0.2, 0) is 0 Å². The minimum Gasteiger partial charge on any atom is -0.395 e. The molecule has 14 heavy (non-hydrogen) atoms. The van der Waals surface area contributed by atoms with Gasteiger partial charge in [-0.1, -0.05) is 11.6 Å². The first-order chi connectivity index (χ1) is 6.65. The van der Waals surface area contributed by atoms with Gasteiger partial charge in [0.25, 0.3) is 0 Å². The van der Waals surface area contributed by atoms with Gasteiger partial charge in [0.2, 0.25) is 0 Å². The molecule has 1 aromatic rings. The van der Waals surface area contributed by atoms with Crippen molar-refractivity contribution in [1.29, 1.82) is 0 Å². The lowest BCUT2D eigenvalue weighted by molar-refractivity contribution is 0.270. The van der Waals surface area contributed by atoms with Gasteiger partial charge < -0.3 is 16.2 Å². The number of nitrogens with one attached hydrogen (secondary N) is 1. The summed E-state index contributed by atoms with van der Waals surface area (Å²) in [5.41, 5.74) is 7.10. The van der Waals surface area contributed by atoms with Crippen LogP contribution in [0, 0.1) is 6.92 Å². The van der Waals surface area contributed by atoms with Gasteiger partial charge in [-0.05, 0) is 13.0 Å². The van der Waals surface area contributed by atoms with Crippen molar-refractivity contribution in [3.63, 3.8) is 0 Å². The number of nitrogens with two attached hydrogens (primary N) is 1. The van der Waals surface area contributed by atoms with E-state index in [0.717, 1.165) is 11.4 Å². The molecule has 4 N–H and O–H groups in total. The average Bonchev–Trinajstić information content (AvgIpc) is 2.20. The van der Waals surface area contributed by atoms with Crippen LogP contribution >= 0.6 is 11.6 Å². The number of aryl methyl sites for hydroxylation is 1. The van der Waals surface area contributed by atoms with Gasteiger partial charge in [0.15, 0.2) is 0 Å². The maximum atomic E-state index is 8.73. The van der Waals surface area contributed by atoms with Crippen LogP contribution in [0.4, 0.5) is 5.69 Å². The highest BCUT2D eigenvalue weighted by molar-refractivity contribution is 6.33. The number of aromatic nitrogens is 1. The molecule has 1 heterocycles. The normalized spacial score (nSPS) is 12.6. The number of anilines is 1. The van der Waals surface area contributed by atoms with Gasteiger partial charge in [-0.3, -0.25) is 4.98 Å². The van der Waals surface area contributed by atoms with Crippen molar-refractivity contribution in [3.05, 3.63) is 23.0 Å². The van der Waals surface area contributed by atoms with Crippen molar-refractivity contribution in [1.82, 2.24) is 4.98 Å². The Balaban J connectivity index is 2.63. The van der Waals surface area contributed by atoms with E-state index in [1.165, 1.54) is 0 Å². The van der Waals surface area contributed by atoms with Gasteiger partial charge in [0.1, 0.15) is 0 Å². The number of nitrogens with zero attached hydrogens (tertiary/aromatic N) is 1. The van der Waals surface area contributed by atoms with Crippen LogP contribution in [0.25, 0.3) is 0 Å². The van der Waals surface area contributed by atoms with Crippen LogP contribution < -0.4 is 11.1 Å². The molecule has 5 heteroatoms. The van der Waals surface area contributed by atoms with E-state index in [-0.39, 0.29) is 12.6 Å². The zero-order chi connectivity index (χ0) is 10.6. The van der Waals surface area contributed by atoms with E-state index in [0.29, 0.717) is 11.6 Å². The average molecular weight is 216 g/mol. The van der Waals surface area contributed by atoms with Crippen LogP contribution in [0.5, 0.6) is 0 Å². The molecule has 1 unspecified atom stereocenters. The Bertz CT molecular complexity index is 306. The molecule has 0 aliphatic heterocycles. The standard InChI is InChI=1S/C9H14ClN3O/c1-6-9(10)8(2-3-12-6)13-4-7(11)5-14/h2-3,7,14H,4-5,11H2,1H3,(H,12,13). The molecule has 0 spiro atoms. The third-order valence-corrected chi connectivity index (χ3v) is 2.33. The fourth-order valence-electron chi connectivity index (χ4n) is 0.990. The molecular weight excluding hydrogens is 202 g/mol. The van der Waals surface area contributed by atoms with E-state index in [1.807, 2.05) is 6.92 Å². The van der Waals surface area contributed by atoms with Gasteiger partial charge in [-0.2, -0.15) is 0 Å². The van der Waals surface area contributed by atoms with Crippen LogP contribution in [0.1, 0.15) is 5.69 Å². The molecule has 0 saturated heterocycles. The van der Waals surface area contributed by atoms with Crippen molar-refractivity contribution >= 4 is 17.3 Å². The minimum absolute atomic E-state index is 0.0469. The molecule has 0 aromatic carbocycles. The largest absolute Gasteiger partial charge is 0.395 e. The summed E-state index contributed by atoms with van der Waals surface area (Å²) in [6, 6.07) is 1.50. The predicted molar refractivity (Wildman–Crippen MR) is 57.5 cm³/mol. The predicted octanol–water partition coefficient (Wildman–Crippen LogP) is 0.775. The van der Waals surface area contributed by atoms with Crippen molar-refractivity contribution in [2.45, 2.75) is 13.0 Å². The van der Waals surface area contributed by atoms with E-state index in [9.17, 15) is 0 Å². The molecule has 0 fully saturated rings. The summed E-state index contributed by atoms with van der Waals surface area (Å²) in [6.07, 6.45) is 1.67. The lowest BCUT2D eigenvalue weighted by Gasteiger charge is -2.12. The number of hydrogen-bond acceptors (Lipinski definition) is 4. The first-order valence-electron chi connectivity index (χ1n) is 4.36. The second-order valence-electron chi connectivity index (χ2n) is 3.08. The minimum atomic E-state index is -0.278. The monoisotopic (exact) mass is 215 g/mol. The summed E-state index contributed by atoms with van der Waals surface area (Å²) in [5.74, 6) is 0. The Morgan fingerprint density at radius 1 is 1.71 bits per heavy atom. The molecule has 0 aliphatic carbocycles. The maximum Gasteiger partial charge on any atom is 0.0849 e. The van der Waals surface area contributed by atoms with E-state index < -0.39 is 0 Å². The van der Waals surface area contributed by atoms with Crippen LogP contribution in [0.3, 0.4) is 0 Å². The highest BCUT2D eigenvalue weighted by Crippen LogP contribution is 2.22. The van der Waals surface area contributed by atoms with E-state index in [4.69, 9.17) is 22.4 Å². The molecule has 78 valence electrons. The van der Waals surface area contributed by atoms with Gasteiger partial charge in [-0.25, -0.2) is 0 Å². The summed E-state index contributed by atoms with van der Waals surface area (Å²) in [4.78, 5) is 4.03. The van der Waals surface area contributed by atoms with Gasteiger partial charge in [0, 0.05) is 18.8 Å². The van der Waals surface area contributed by atoms with Crippen molar-refractivity contribution in [2.75, 3.05) is 18.5 Å². The van der Waals surface area contributed by atoms with Crippen LogP contribution in [-0.4, -0.2) is 29.3 Å². The van der Waals surface area contributed by atoms with Gasteiger partial charge >= 0.3 is 0 Å². The Morgan fingerprint density at radius 2 is 2.43 bits per heavy atom. The molecule has 0 aliphatic rings.